The molecule has 5 aliphatic heterocycles. The first kappa shape index (κ1) is 83.3. The molecule has 0 aliphatic carbocycles. The Labute approximate surface area is 559 Å². The summed E-state index contributed by atoms with van der Waals surface area (Å²) in [7, 11) is 0. The van der Waals surface area contributed by atoms with E-state index in [1.54, 1.807) is 6.08 Å². The molecule has 5 aliphatic rings. The molecule has 0 radical (unpaired) electrons. The van der Waals surface area contributed by atoms with Crippen LogP contribution in [0.3, 0.4) is 0 Å². The molecule has 17 N–H and O–H groups in total. The largest absolute Gasteiger partial charge is 0.394 e. The van der Waals surface area contributed by atoms with E-state index in [1.165, 1.54) is 103 Å². The van der Waals surface area contributed by atoms with Crippen LogP contribution in [0.15, 0.2) is 12.2 Å². The summed E-state index contributed by atoms with van der Waals surface area (Å²) in [6, 6.07) is -2.83. The van der Waals surface area contributed by atoms with Crippen LogP contribution in [0.2, 0.25) is 0 Å². The summed E-state index contributed by atoms with van der Waals surface area (Å²) in [5, 5.41) is 171. The van der Waals surface area contributed by atoms with Crippen LogP contribution in [0, 0.1) is 0 Å². The highest BCUT2D eigenvalue weighted by Gasteiger charge is 2.58. The number of amides is 2. The molecule has 5 fully saturated rings. The molecule has 27 atom stereocenters. The monoisotopic (exact) mass is 1370 g/mol. The van der Waals surface area contributed by atoms with E-state index in [0.717, 1.165) is 58.3 Å². The van der Waals surface area contributed by atoms with Crippen molar-refractivity contribution in [3.63, 3.8) is 0 Å². The summed E-state index contributed by atoms with van der Waals surface area (Å²) in [6.07, 6.45) is -13.5. The van der Waals surface area contributed by atoms with Crippen molar-refractivity contribution in [3.8, 4) is 0 Å². The minimum absolute atomic E-state index is 0.190. The van der Waals surface area contributed by atoms with E-state index in [0.29, 0.717) is 12.8 Å². The van der Waals surface area contributed by atoms with Crippen LogP contribution < -0.4 is 10.6 Å². The Hall–Kier alpha value is -2.32. The molecule has 95 heavy (non-hydrogen) atoms. The summed E-state index contributed by atoms with van der Waals surface area (Å²) >= 11 is 0. The second kappa shape index (κ2) is 44.8. The van der Waals surface area contributed by atoms with E-state index >= 15 is 0 Å². The minimum Gasteiger partial charge on any atom is -0.394 e. The molecule has 29 heteroatoms. The molecule has 0 spiro atoms. The number of unbranched alkanes of at least 4 members (excludes halogenated alkanes) is 23. The summed E-state index contributed by atoms with van der Waals surface area (Å²) in [5.74, 6) is -1.17. The minimum atomic E-state index is -2.18. The molecule has 0 aromatic heterocycles. The molecular weight excluding hydrogens is 1250 g/mol. The standard InChI is InChI=1S/C66H120N2O27/c1-5-7-9-11-13-15-17-19-21-23-25-27-29-31-41(74)40(68-46(75)32-30-28-26-24-22-20-18-16-14-12-10-8-6-2)37-86-63-56(84)53(81)58(44(35-71)91-63)92-66-57(85)61(50(78)43(34-70)89-66)95-62-47(67-39(4)73)60(94-64-54(82)51(79)48(76)38(3)87-64)59(45(36-72)90-62)93-65-55(83)52(80)49(77)42(33-69)88-65/h29,31,38,40-45,47-66,69-72,74,76-85H,5-28,30,32-37H2,1-4H3,(H,67,73)(H,68,75)/b31-29+/t38?,40-,41+,42?,43?,44?,45?,47?,48+,49-,50-,51?,52-,53+,54-,55?,56?,57?,58+,59+,60+,61-,62-,63+,64+,65-,66-/m0/s1. The first-order valence-electron chi connectivity index (χ1n) is 35.3. The Morgan fingerprint density at radius 2 is 0.842 bits per heavy atom. The smallest absolute Gasteiger partial charge is 0.220 e. The van der Waals surface area contributed by atoms with Gasteiger partial charge in [-0.2, -0.15) is 0 Å². The number of carbonyl (C=O) groups excluding carboxylic acids is 2. The van der Waals surface area contributed by atoms with Crippen molar-refractivity contribution in [1.29, 1.82) is 0 Å². The van der Waals surface area contributed by atoms with Gasteiger partial charge in [0.1, 0.15) is 116 Å². The van der Waals surface area contributed by atoms with Crippen LogP contribution in [0.4, 0.5) is 0 Å². The molecule has 556 valence electrons. The summed E-state index contributed by atoms with van der Waals surface area (Å²) < 4.78 is 59.7. The van der Waals surface area contributed by atoms with E-state index in [2.05, 4.69) is 24.5 Å². The van der Waals surface area contributed by atoms with Crippen LogP contribution in [-0.4, -0.2) is 287 Å². The van der Waals surface area contributed by atoms with Crippen molar-refractivity contribution < 1.29 is 134 Å². The molecular formula is C66H120N2O27. The number of aliphatic hydroxyl groups excluding tert-OH is 15. The molecule has 2 amide bonds. The Kier molecular flexibility index (Phi) is 39.3. The molecule has 10 unspecified atom stereocenters. The van der Waals surface area contributed by atoms with Gasteiger partial charge in [0.25, 0.3) is 0 Å². The molecule has 29 nitrogen and oxygen atoms in total. The lowest BCUT2D eigenvalue weighted by molar-refractivity contribution is -0.392. The maximum absolute atomic E-state index is 13.5. The number of rotatable bonds is 45. The van der Waals surface area contributed by atoms with E-state index in [-0.39, 0.29) is 12.3 Å². The zero-order valence-corrected chi connectivity index (χ0v) is 56.3. The predicted octanol–water partition coefficient (Wildman–Crippen LogP) is -0.145. The van der Waals surface area contributed by atoms with Gasteiger partial charge < -0.3 is 135 Å². The van der Waals surface area contributed by atoms with Gasteiger partial charge in [-0.3, -0.25) is 9.59 Å². The number of hydrogen-bond acceptors (Lipinski definition) is 27. The summed E-state index contributed by atoms with van der Waals surface area (Å²) in [6.45, 7) is 2.55. The fourth-order valence-electron chi connectivity index (χ4n) is 12.8. The maximum Gasteiger partial charge on any atom is 0.220 e. The number of hydrogen-bond donors (Lipinski definition) is 17. The molecule has 0 aromatic carbocycles. The zero-order valence-electron chi connectivity index (χ0n) is 56.3. The maximum atomic E-state index is 13.5. The molecule has 0 saturated carbocycles. The topological polar surface area (TPSA) is 454 Å². The second-order valence-corrected chi connectivity index (χ2v) is 26.4. The van der Waals surface area contributed by atoms with E-state index < -0.39 is 205 Å². The average Bonchev–Trinajstić information content (AvgIpc) is 0.784. The predicted molar refractivity (Wildman–Crippen MR) is 339 cm³/mol. The van der Waals surface area contributed by atoms with Crippen molar-refractivity contribution in [2.45, 2.75) is 360 Å². The van der Waals surface area contributed by atoms with E-state index in [4.69, 9.17) is 47.4 Å². The fourth-order valence-corrected chi connectivity index (χ4v) is 12.8. The van der Waals surface area contributed by atoms with Gasteiger partial charge in [0.2, 0.25) is 11.8 Å². The van der Waals surface area contributed by atoms with Crippen molar-refractivity contribution in [2.75, 3.05) is 33.0 Å². The van der Waals surface area contributed by atoms with Crippen molar-refractivity contribution in [3.05, 3.63) is 12.2 Å². The number of allylic oxidation sites excluding steroid dienone is 1. The van der Waals surface area contributed by atoms with Gasteiger partial charge in [0.15, 0.2) is 31.5 Å². The van der Waals surface area contributed by atoms with E-state index in [1.807, 2.05) is 6.08 Å². The molecule has 0 aromatic rings. The number of aliphatic hydroxyl groups is 15. The summed E-state index contributed by atoms with van der Waals surface area (Å²) in [4.78, 5) is 26.6. The van der Waals surface area contributed by atoms with Gasteiger partial charge in [0, 0.05) is 13.3 Å². The highest BCUT2D eigenvalue weighted by Crippen LogP contribution is 2.37. The van der Waals surface area contributed by atoms with Gasteiger partial charge in [0.05, 0.1) is 51.3 Å². The third-order valence-corrected chi connectivity index (χ3v) is 18.7. The Morgan fingerprint density at radius 3 is 1.37 bits per heavy atom. The molecule has 0 bridgehead atoms. The molecule has 5 saturated heterocycles. The van der Waals surface area contributed by atoms with Crippen molar-refractivity contribution >= 4 is 11.8 Å². The zero-order chi connectivity index (χ0) is 69.6. The Balaban J connectivity index is 1.28. The number of nitrogens with one attached hydrogen (secondary N) is 2. The van der Waals surface area contributed by atoms with Gasteiger partial charge in [-0.25, -0.2) is 0 Å². The number of ether oxygens (including phenoxy) is 10. The Morgan fingerprint density at radius 1 is 0.432 bits per heavy atom. The van der Waals surface area contributed by atoms with Crippen LogP contribution in [-0.2, 0) is 57.0 Å². The third kappa shape index (κ3) is 25.9. The summed E-state index contributed by atoms with van der Waals surface area (Å²) in [5.41, 5.74) is 0. The Bertz CT molecular complexity index is 2090. The lowest BCUT2D eigenvalue weighted by atomic mass is 9.93. The molecule has 5 heterocycles. The highest BCUT2D eigenvalue weighted by molar-refractivity contribution is 5.76. The number of carbonyl (C=O) groups is 2. The van der Waals surface area contributed by atoms with Crippen LogP contribution in [0.25, 0.3) is 0 Å². The van der Waals surface area contributed by atoms with Gasteiger partial charge in [-0.05, 0) is 26.2 Å². The first-order valence-corrected chi connectivity index (χ1v) is 35.3. The SMILES string of the molecule is CCCCCCCCCCCCC/C=C/[C@@H](O)[C@H](CO[C@@H]1OC(CO)[C@@H](O[C@@H]2OC(CO)[C@H](O)[C@H](O[C@@H]3OC(CO)[C@@H](O[C@@H]4OC(CO)[C@H](O)[C@H](O)C4O)[C@H](O[C@H]4OC(C)[C@@H](O)C(O)[C@@H]4O)C3NC(C)=O)C2O)[C@H](O)C1O)NC(=O)CCCCCCCCCCCCCCC. The quantitative estimate of drug-likeness (QED) is 0.0279. The fraction of sp³-hybridized carbons (Fsp3) is 0.939. The van der Waals surface area contributed by atoms with Crippen molar-refractivity contribution in [1.82, 2.24) is 10.6 Å². The molecule has 5 rings (SSSR count). The van der Waals surface area contributed by atoms with Crippen LogP contribution >= 0.6 is 0 Å². The van der Waals surface area contributed by atoms with E-state index in [9.17, 15) is 86.2 Å². The van der Waals surface area contributed by atoms with Crippen LogP contribution in [0.1, 0.15) is 195 Å². The van der Waals surface area contributed by atoms with Crippen molar-refractivity contribution in [2.24, 2.45) is 0 Å². The third-order valence-electron chi connectivity index (χ3n) is 18.7. The second-order valence-electron chi connectivity index (χ2n) is 26.4. The average molecular weight is 1370 g/mol. The highest BCUT2D eigenvalue weighted by atomic mass is 16.8. The van der Waals surface area contributed by atoms with Gasteiger partial charge in [-0.15, -0.1) is 0 Å². The lowest BCUT2D eigenvalue weighted by Gasteiger charge is -2.51. The first-order chi connectivity index (χ1) is 45.7. The lowest BCUT2D eigenvalue weighted by Crippen LogP contribution is -2.71. The van der Waals surface area contributed by atoms with Crippen LogP contribution in [0.5, 0.6) is 0 Å². The van der Waals surface area contributed by atoms with Gasteiger partial charge >= 0.3 is 0 Å². The normalized spacial score (nSPS) is 36.9. The van der Waals surface area contributed by atoms with Gasteiger partial charge in [-0.1, -0.05) is 167 Å².